The third-order valence-electron chi connectivity index (χ3n) is 2.81. The van der Waals surface area contributed by atoms with Crippen molar-refractivity contribution in [3.8, 4) is 0 Å². The maximum Gasteiger partial charge on any atom is 0.0630 e. The molecule has 1 aromatic rings. The van der Waals surface area contributed by atoms with E-state index >= 15 is 0 Å². The van der Waals surface area contributed by atoms with Crippen LogP contribution >= 0.6 is 0 Å². The Balaban J connectivity index is 2.55. The van der Waals surface area contributed by atoms with E-state index in [0.717, 1.165) is 6.54 Å². The van der Waals surface area contributed by atoms with Gasteiger partial charge in [0.25, 0.3) is 0 Å². The summed E-state index contributed by atoms with van der Waals surface area (Å²) in [6, 6.07) is 8.87. The maximum absolute atomic E-state index is 5.72. The summed E-state index contributed by atoms with van der Waals surface area (Å²) >= 11 is 0. The molecule has 0 aliphatic heterocycles. The molecule has 3 nitrogen and oxygen atoms in total. The molecule has 1 aromatic carbocycles. The van der Waals surface area contributed by atoms with Gasteiger partial charge in [-0.05, 0) is 19.5 Å². The first-order valence-electron chi connectivity index (χ1n) is 5.62. The fourth-order valence-corrected chi connectivity index (χ4v) is 1.68. The molecular formula is C13H22N2O. The Labute approximate surface area is 98.2 Å². The van der Waals surface area contributed by atoms with E-state index in [2.05, 4.69) is 43.1 Å². The SMILES string of the molecule is COCC(CN)N(C)Cc1ccc(C)cc1. The fraction of sp³-hybridized carbons (Fsp3) is 0.538. The van der Waals surface area contributed by atoms with Crippen molar-refractivity contribution in [3.05, 3.63) is 35.4 Å². The molecule has 0 saturated carbocycles. The lowest BCUT2D eigenvalue weighted by molar-refractivity contribution is 0.106. The molecule has 0 aromatic heterocycles. The second-order valence-corrected chi connectivity index (χ2v) is 4.25. The standard InChI is InChI=1S/C13H22N2O/c1-11-4-6-12(7-5-11)9-15(2)13(8-14)10-16-3/h4-7,13H,8-10,14H2,1-3H3. The molecule has 1 atom stereocenters. The van der Waals surface area contributed by atoms with Crippen molar-refractivity contribution >= 4 is 0 Å². The average molecular weight is 222 g/mol. The average Bonchev–Trinajstić information content (AvgIpc) is 2.29. The summed E-state index contributed by atoms with van der Waals surface area (Å²) in [7, 11) is 3.79. The molecule has 0 saturated heterocycles. The van der Waals surface area contributed by atoms with Crippen molar-refractivity contribution < 1.29 is 4.74 Å². The first-order valence-corrected chi connectivity index (χ1v) is 5.62. The molecular weight excluding hydrogens is 200 g/mol. The molecule has 0 heterocycles. The summed E-state index contributed by atoms with van der Waals surface area (Å²) in [5, 5.41) is 0. The lowest BCUT2D eigenvalue weighted by Crippen LogP contribution is -2.40. The van der Waals surface area contributed by atoms with E-state index in [-0.39, 0.29) is 6.04 Å². The van der Waals surface area contributed by atoms with Crippen molar-refractivity contribution in [2.24, 2.45) is 5.73 Å². The van der Waals surface area contributed by atoms with Gasteiger partial charge in [0, 0.05) is 26.2 Å². The summed E-state index contributed by atoms with van der Waals surface area (Å²) in [6.45, 7) is 4.31. The largest absolute Gasteiger partial charge is 0.383 e. The molecule has 3 heteroatoms. The van der Waals surface area contributed by atoms with Gasteiger partial charge in [0.15, 0.2) is 0 Å². The number of ether oxygens (including phenoxy) is 1. The minimum absolute atomic E-state index is 0.284. The van der Waals surface area contributed by atoms with Crippen LogP contribution in [0.2, 0.25) is 0 Å². The van der Waals surface area contributed by atoms with Gasteiger partial charge in [0.05, 0.1) is 6.61 Å². The molecule has 1 rings (SSSR count). The smallest absolute Gasteiger partial charge is 0.0630 e. The van der Waals surface area contributed by atoms with E-state index in [1.54, 1.807) is 7.11 Å². The van der Waals surface area contributed by atoms with Gasteiger partial charge in [-0.2, -0.15) is 0 Å². The van der Waals surface area contributed by atoms with Crippen LogP contribution in [-0.4, -0.2) is 38.3 Å². The van der Waals surface area contributed by atoms with Crippen LogP contribution in [0, 0.1) is 6.92 Å². The summed E-state index contributed by atoms with van der Waals surface area (Å²) in [5.74, 6) is 0. The Morgan fingerprint density at radius 3 is 2.44 bits per heavy atom. The zero-order chi connectivity index (χ0) is 12.0. The lowest BCUT2D eigenvalue weighted by atomic mass is 10.1. The predicted octanol–water partition coefficient (Wildman–Crippen LogP) is 1.40. The quantitative estimate of drug-likeness (QED) is 0.790. The molecule has 2 N–H and O–H groups in total. The van der Waals surface area contributed by atoms with Crippen LogP contribution in [0.3, 0.4) is 0 Å². The summed E-state index contributed by atoms with van der Waals surface area (Å²) in [6.07, 6.45) is 0. The van der Waals surface area contributed by atoms with Crippen molar-refractivity contribution in [3.63, 3.8) is 0 Å². The molecule has 1 unspecified atom stereocenters. The van der Waals surface area contributed by atoms with Gasteiger partial charge in [-0.1, -0.05) is 29.8 Å². The molecule has 90 valence electrons. The molecule has 0 aliphatic carbocycles. The first-order chi connectivity index (χ1) is 7.67. The first kappa shape index (κ1) is 13.2. The number of nitrogens with two attached hydrogens (primary N) is 1. The van der Waals surface area contributed by atoms with Crippen LogP contribution < -0.4 is 5.73 Å². The molecule has 0 bridgehead atoms. The Kier molecular flexibility index (Phi) is 5.46. The highest BCUT2D eigenvalue weighted by atomic mass is 16.5. The van der Waals surface area contributed by atoms with E-state index in [1.165, 1.54) is 11.1 Å². The number of rotatable bonds is 6. The van der Waals surface area contributed by atoms with E-state index in [0.29, 0.717) is 13.2 Å². The number of nitrogens with zero attached hydrogens (tertiary/aromatic N) is 1. The zero-order valence-electron chi connectivity index (χ0n) is 10.4. The third-order valence-corrected chi connectivity index (χ3v) is 2.81. The van der Waals surface area contributed by atoms with E-state index < -0.39 is 0 Å². The van der Waals surface area contributed by atoms with Crippen LogP contribution in [0.4, 0.5) is 0 Å². The number of aryl methyl sites for hydroxylation is 1. The molecule has 0 spiro atoms. The van der Waals surface area contributed by atoms with Gasteiger partial charge < -0.3 is 10.5 Å². The van der Waals surface area contributed by atoms with Crippen LogP contribution in [-0.2, 0) is 11.3 Å². The molecule has 0 aliphatic rings. The van der Waals surface area contributed by atoms with E-state index in [4.69, 9.17) is 10.5 Å². The second-order valence-electron chi connectivity index (χ2n) is 4.25. The van der Waals surface area contributed by atoms with Gasteiger partial charge in [-0.25, -0.2) is 0 Å². The Morgan fingerprint density at radius 1 is 1.31 bits per heavy atom. The van der Waals surface area contributed by atoms with Crippen LogP contribution in [0.15, 0.2) is 24.3 Å². The third kappa shape index (κ3) is 3.93. The monoisotopic (exact) mass is 222 g/mol. The van der Waals surface area contributed by atoms with Crippen molar-refractivity contribution in [2.45, 2.75) is 19.5 Å². The summed E-state index contributed by atoms with van der Waals surface area (Å²) in [4.78, 5) is 2.23. The number of hydrogen-bond acceptors (Lipinski definition) is 3. The maximum atomic E-state index is 5.72. The second kappa shape index (κ2) is 6.63. The van der Waals surface area contributed by atoms with Gasteiger partial charge in [-0.3, -0.25) is 4.90 Å². The van der Waals surface area contributed by atoms with Gasteiger partial charge in [-0.15, -0.1) is 0 Å². The van der Waals surface area contributed by atoms with Gasteiger partial charge in [0.2, 0.25) is 0 Å². The van der Waals surface area contributed by atoms with Crippen LogP contribution in [0.25, 0.3) is 0 Å². The predicted molar refractivity (Wildman–Crippen MR) is 67.4 cm³/mol. The Morgan fingerprint density at radius 2 is 1.94 bits per heavy atom. The van der Waals surface area contributed by atoms with Gasteiger partial charge in [0.1, 0.15) is 0 Å². The highest BCUT2D eigenvalue weighted by Gasteiger charge is 2.12. The van der Waals surface area contributed by atoms with E-state index in [9.17, 15) is 0 Å². The van der Waals surface area contributed by atoms with E-state index in [1.807, 2.05) is 0 Å². The molecule has 0 radical (unpaired) electrons. The van der Waals surface area contributed by atoms with Gasteiger partial charge >= 0.3 is 0 Å². The summed E-state index contributed by atoms with van der Waals surface area (Å²) in [5.41, 5.74) is 8.31. The Bertz CT molecular complexity index is 297. The minimum atomic E-state index is 0.284. The number of likely N-dealkylation sites (N-methyl/N-ethyl adjacent to an activating group) is 1. The highest BCUT2D eigenvalue weighted by molar-refractivity contribution is 5.21. The molecule has 0 amide bonds. The molecule has 0 fully saturated rings. The summed E-state index contributed by atoms with van der Waals surface area (Å²) < 4.78 is 5.15. The normalized spacial score (nSPS) is 13.1. The number of benzene rings is 1. The molecule has 16 heavy (non-hydrogen) atoms. The highest BCUT2D eigenvalue weighted by Crippen LogP contribution is 2.08. The fourth-order valence-electron chi connectivity index (χ4n) is 1.68. The van der Waals surface area contributed by atoms with Crippen molar-refractivity contribution in [2.75, 3.05) is 27.3 Å². The van der Waals surface area contributed by atoms with Crippen molar-refractivity contribution in [1.82, 2.24) is 4.90 Å². The van der Waals surface area contributed by atoms with Crippen molar-refractivity contribution in [1.29, 1.82) is 0 Å². The number of methoxy groups -OCH3 is 1. The number of hydrogen-bond donors (Lipinski definition) is 1. The topological polar surface area (TPSA) is 38.5 Å². The van der Waals surface area contributed by atoms with Crippen LogP contribution in [0.1, 0.15) is 11.1 Å². The van der Waals surface area contributed by atoms with Crippen LogP contribution in [0.5, 0.6) is 0 Å². The Hall–Kier alpha value is -0.900. The zero-order valence-corrected chi connectivity index (χ0v) is 10.4. The lowest BCUT2D eigenvalue weighted by Gasteiger charge is -2.26. The minimum Gasteiger partial charge on any atom is -0.383 e.